The van der Waals surface area contributed by atoms with Crippen molar-refractivity contribution in [1.29, 1.82) is 0 Å². The highest BCUT2D eigenvalue weighted by Gasteiger charge is 2.18. The van der Waals surface area contributed by atoms with Crippen molar-refractivity contribution in [2.75, 3.05) is 13.1 Å². The van der Waals surface area contributed by atoms with E-state index in [9.17, 15) is 4.79 Å². The summed E-state index contributed by atoms with van der Waals surface area (Å²) in [6.45, 7) is 2.06. The van der Waals surface area contributed by atoms with Crippen molar-refractivity contribution in [2.24, 2.45) is 0 Å². The van der Waals surface area contributed by atoms with E-state index in [2.05, 4.69) is 10.3 Å². The third-order valence-corrected chi connectivity index (χ3v) is 3.53. The van der Waals surface area contributed by atoms with Crippen LogP contribution in [0.25, 0.3) is 11.0 Å². The van der Waals surface area contributed by atoms with E-state index in [4.69, 9.17) is 0 Å². The Morgan fingerprint density at radius 3 is 3.00 bits per heavy atom. The number of benzene rings is 1. The predicted molar refractivity (Wildman–Crippen MR) is 68.3 cm³/mol. The molecule has 1 aliphatic rings. The summed E-state index contributed by atoms with van der Waals surface area (Å²) >= 11 is 0. The van der Waals surface area contributed by atoms with Gasteiger partial charge in [-0.25, -0.2) is 4.79 Å². The summed E-state index contributed by atoms with van der Waals surface area (Å²) in [5.41, 5.74) is 2.00. The molecule has 0 aliphatic carbocycles. The molecule has 0 spiro atoms. The molecule has 1 aliphatic heterocycles. The number of aromatic nitrogens is 2. The highest BCUT2D eigenvalue weighted by atomic mass is 16.1. The van der Waals surface area contributed by atoms with E-state index < -0.39 is 0 Å². The third kappa shape index (κ3) is 1.89. The summed E-state index contributed by atoms with van der Waals surface area (Å²) in [7, 11) is 0. The first-order valence-electron chi connectivity index (χ1n) is 6.26. The number of H-pyrrole nitrogens is 1. The quantitative estimate of drug-likeness (QED) is 0.784. The standard InChI is InChI=1S/C13H17N3O/c17-13-15-11-5-1-2-6-12(11)16(13)10-4-3-8-14-9-7-10/h1-2,5-6,10,14H,3-4,7-9H2,(H,15,17). The number of hydrogen-bond donors (Lipinski definition) is 2. The molecule has 2 heterocycles. The van der Waals surface area contributed by atoms with Crippen molar-refractivity contribution >= 4 is 11.0 Å². The second kappa shape index (κ2) is 4.37. The summed E-state index contributed by atoms with van der Waals surface area (Å²) < 4.78 is 1.93. The molecule has 1 aromatic carbocycles. The number of aromatic amines is 1. The van der Waals surface area contributed by atoms with Crippen LogP contribution in [0.1, 0.15) is 25.3 Å². The molecule has 0 amide bonds. The van der Waals surface area contributed by atoms with Gasteiger partial charge in [0.15, 0.2) is 0 Å². The zero-order valence-electron chi connectivity index (χ0n) is 9.78. The van der Waals surface area contributed by atoms with Crippen LogP contribution >= 0.6 is 0 Å². The van der Waals surface area contributed by atoms with E-state index in [1.54, 1.807) is 0 Å². The molecule has 90 valence electrons. The summed E-state index contributed by atoms with van der Waals surface area (Å²) in [4.78, 5) is 15.0. The van der Waals surface area contributed by atoms with Gasteiger partial charge < -0.3 is 10.3 Å². The minimum absolute atomic E-state index is 0.0260. The van der Waals surface area contributed by atoms with E-state index in [1.807, 2.05) is 28.8 Å². The van der Waals surface area contributed by atoms with Gasteiger partial charge in [0.1, 0.15) is 0 Å². The van der Waals surface area contributed by atoms with Crippen LogP contribution in [0.3, 0.4) is 0 Å². The Kier molecular flexibility index (Phi) is 2.73. The number of nitrogens with zero attached hydrogens (tertiary/aromatic N) is 1. The van der Waals surface area contributed by atoms with Gasteiger partial charge in [0.25, 0.3) is 0 Å². The van der Waals surface area contributed by atoms with E-state index in [1.165, 1.54) is 0 Å². The van der Waals surface area contributed by atoms with Crippen LogP contribution in [-0.2, 0) is 0 Å². The Hall–Kier alpha value is -1.55. The lowest BCUT2D eigenvalue weighted by atomic mass is 10.1. The molecule has 0 radical (unpaired) electrons. The molecule has 3 rings (SSSR count). The van der Waals surface area contributed by atoms with E-state index in [-0.39, 0.29) is 5.69 Å². The topological polar surface area (TPSA) is 49.8 Å². The van der Waals surface area contributed by atoms with Crippen molar-refractivity contribution in [2.45, 2.75) is 25.3 Å². The molecule has 4 heteroatoms. The Labute approximate surface area is 99.6 Å². The molecule has 1 saturated heterocycles. The fourth-order valence-corrected chi connectivity index (χ4v) is 2.70. The number of fused-ring (bicyclic) bond motifs is 1. The SMILES string of the molecule is O=c1[nH]c2ccccc2n1C1CCCNCC1. The lowest BCUT2D eigenvalue weighted by molar-refractivity contribution is 0.454. The van der Waals surface area contributed by atoms with Crippen LogP contribution < -0.4 is 11.0 Å². The van der Waals surface area contributed by atoms with Gasteiger partial charge in [-0.1, -0.05) is 12.1 Å². The normalized spacial score (nSPS) is 21.5. The predicted octanol–water partition coefficient (Wildman–Crippen LogP) is 1.64. The largest absolute Gasteiger partial charge is 0.326 e. The molecule has 1 unspecified atom stereocenters. The van der Waals surface area contributed by atoms with Crippen LogP contribution in [0.4, 0.5) is 0 Å². The zero-order valence-corrected chi connectivity index (χ0v) is 9.78. The minimum Gasteiger partial charge on any atom is -0.317 e. The molecule has 4 nitrogen and oxygen atoms in total. The van der Waals surface area contributed by atoms with Gasteiger partial charge >= 0.3 is 5.69 Å². The van der Waals surface area contributed by atoms with Crippen LogP contribution in [-0.4, -0.2) is 22.6 Å². The van der Waals surface area contributed by atoms with Crippen molar-refractivity contribution in [3.05, 3.63) is 34.7 Å². The average molecular weight is 231 g/mol. The van der Waals surface area contributed by atoms with Crippen LogP contribution in [0.15, 0.2) is 29.1 Å². The second-order valence-corrected chi connectivity index (χ2v) is 4.65. The first-order valence-corrected chi connectivity index (χ1v) is 6.26. The first kappa shape index (κ1) is 10.6. The maximum atomic E-state index is 12.0. The molecule has 1 atom stereocenters. The Morgan fingerprint density at radius 2 is 2.06 bits per heavy atom. The van der Waals surface area contributed by atoms with Crippen LogP contribution in [0, 0.1) is 0 Å². The maximum absolute atomic E-state index is 12.0. The summed E-state index contributed by atoms with van der Waals surface area (Å²) in [5, 5.41) is 3.38. The lowest BCUT2D eigenvalue weighted by Crippen LogP contribution is -2.23. The minimum atomic E-state index is 0.0260. The molecule has 0 bridgehead atoms. The molecule has 17 heavy (non-hydrogen) atoms. The summed E-state index contributed by atoms with van der Waals surface area (Å²) in [6.07, 6.45) is 3.24. The molecule has 2 aromatic rings. The number of hydrogen-bond acceptors (Lipinski definition) is 2. The summed E-state index contributed by atoms with van der Waals surface area (Å²) in [5.74, 6) is 0. The van der Waals surface area contributed by atoms with Gasteiger partial charge in [0.05, 0.1) is 11.0 Å². The van der Waals surface area contributed by atoms with Gasteiger partial charge in [-0.2, -0.15) is 0 Å². The zero-order chi connectivity index (χ0) is 11.7. The lowest BCUT2D eigenvalue weighted by Gasteiger charge is -2.15. The van der Waals surface area contributed by atoms with Gasteiger partial charge in [0.2, 0.25) is 0 Å². The fourth-order valence-electron chi connectivity index (χ4n) is 2.70. The van der Waals surface area contributed by atoms with Crippen molar-refractivity contribution in [3.8, 4) is 0 Å². The number of imidazole rings is 1. The van der Waals surface area contributed by atoms with Crippen molar-refractivity contribution < 1.29 is 0 Å². The third-order valence-electron chi connectivity index (χ3n) is 3.53. The molecular formula is C13H17N3O. The molecule has 2 N–H and O–H groups in total. The molecular weight excluding hydrogens is 214 g/mol. The number of rotatable bonds is 1. The van der Waals surface area contributed by atoms with Gasteiger partial charge in [-0.3, -0.25) is 4.57 Å². The van der Waals surface area contributed by atoms with Crippen LogP contribution in [0.2, 0.25) is 0 Å². The summed E-state index contributed by atoms with van der Waals surface area (Å²) in [6, 6.07) is 8.25. The van der Waals surface area contributed by atoms with Crippen molar-refractivity contribution in [3.63, 3.8) is 0 Å². The smallest absolute Gasteiger partial charge is 0.317 e. The van der Waals surface area contributed by atoms with E-state index in [0.717, 1.165) is 43.4 Å². The Bertz CT molecular complexity index is 561. The Morgan fingerprint density at radius 1 is 1.18 bits per heavy atom. The fraction of sp³-hybridized carbons (Fsp3) is 0.462. The average Bonchev–Trinajstić information content (AvgIpc) is 2.53. The highest BCUT2D eigenvalue weighted by Crippen LogP contribution is 2.22. The maximum Gasteiger partial charge on any atom is 0.326 e. The van der Waals surface area contributed by atoms with E-state index >= 15 is 0 Å². The number of para-hydroxylation sites is 2. The van der Waals surface area contributed by atoms with E-state index in [0.29, 0.717) is 6.04 Å². The van der Waals surface area contributed by atoms with Crippen LogP contribution in [0.5, 0.6) is 0 Å². The molecule has 1 aromatic heterocycles. The van der Waals surface area contributed by atoms with Crippen molar-refractivity contribution in [1.82, 2.24) is 14.9 Å². The van der Waals surface area contributed by atoms with Gasteiger partial charge in [0, 0.05) is 6.04 Å². The molecule has 0 saturated carbocycles. The highest BCUT2D eigenvalue weighted by molar-refractivity contribution is 5.75. The van der Waals surface area contributed by atoms with Gasteiger partial charge in [-0.05, 0) is 44.5 Å². The van der Waals surface area contributed by atoms with Gasteiger partial charge in [-0.15, -0.1) is 0 Å². The molecule has 1 fully saturated rings. The Balaban J connectivity index is 2.09. The monoisotopic (exact) mass is 231 g/mol. The number of nitrogens with one attached hydrogen (secondary N) is 2. The first-order chi connectivity index (χ1) is 8.36. The second-order valence-electron chi connectivity index (χ2n) is 4.65.